The maximum atomic E-state index is 11.9. The van der Waals surface area contributed by atoms with E-state index < -0.39 is 0 Å². The summed E-state index contributed by atoms with van der Waals surface area (Å²) in [5, 5.41) is 3.81. The van der Waals surface area contributed by atoms with Gasteiger partial charge in [-0.15, -0.1) is 17.9 Å². The van der Waals surface area contributed by atoms with E-state index in [2.05, 4.69) is 37.6 Å². The van der Waals surface area contributed by atoms with Crippen LogP contribution in [-0.4, -0.2) is 25.5 Å². The van der Waals surface area contributed by atoms with Crippen molar-refractivity contribution in [2.45, 2.75) is 20.8 Å². The lowest BCUT2D eigenvalue weighted by Gasteiger charge is -2.23. The number of carbonyl (C=O) groups is 1. The molecule has 1 amide bonds. The van der Waals surface area contributed by atoms with Crippen LogP contribution < -0.4 is 16.0 Å². The van der Waals surface area contributed by atoms with Crippen molar-refractivity contribution < 1.29 is 4.79 Å². The summed E-state index contributed by atoms with van der Waals surface area (Å²) < 4.78 is 0. The number of nitrogens with one attached hydrogen (secondary N) is 1. The summed E-state index contributed by atoms with van der Waals surface area (Å²) in [6.07, 6.45) is 1.65. The average molecular weight is 281 g/mol. The van der Waals surface area contributed by atoms with Gasteiger partial charge in [-0.05, 0) is 18.9 Å². The molecule has 5 heteroatoms. The molecule has 0 aliphatic heterocycles. The second-order valence-corrected chi connectivity index (χ2v) is 5.83. The number of hydrogen-bond acceptors (Lipinski definition) is 4. The molecule has 0 spiro atoms. The molecule has 0 fully saturated rings. The Morgan fingerprint density at radius 1 is 1.63 bits per heavy atom. The van der Waals surface area contributed by atoms with Crippen molar-refractivity contribution in [3.8, 4) is 0 Å². The number of nitrogens with two attached hydrogens (primary N) is 1. The quantitative estimate of drug-likeness (QED) is 0.756. The molecule has 0 bridgehead atoms. The minimum absolute atomic E-state index is 0.130. The molecule has 4 nitrogen and oxygen atoms in total. The molecule has 1 aromatic heterocycles. The number of hydrogen-bond donors (Lipinski definition) is 2. The third-order valence-electron chi connectivity index (χ3n) is 2.64. The van der Waals surface area contributed by atoms with Crippen LogP contribution in [0.4, 0.5) is 10.7 Å². The van der Waals surface area contributed by atoms with E-state index in [0.29, 0.717) is 23.0 Å². The van der Waals surface area contributed by atoms with Gasteiger partial charge >= 0.3 is 0 Å². The summed E-state index contributed by atoms with van der Waals surface area (Å²) in [5.74, 6) is 0.440. The first-order chi connectivity index (χ1) is 8.99. The molecule has 0 aliphatic rings. The van der Waals surface area contributed by atoms with Crippen molar-refractivity contribution in [3.63, 3.8) is 0 Å². The van der Waals surface area contributed by atoms with Gasteiger partial charge in [0.2, 0.25) is 0 Å². The van der Waals surface area contributed by atoms with Gasteiger partial charge in [-0.1, -0.05) is 19.9 Å². The van der Waals surface area contributed by atoms with E-state index in [1.807, 2.05) is 6.07 Å². The molecule has 0 saturated carbocycles. The number of anilines is 2. The lowest BCUT2D eigenvalue weighted by molar-refractivity contribution is 0.0963. The molecule has 0 aliphatic carbocycles. The molecule has 19 heavy (non-hydrogen) atoms. The van der Waals surface area contributed by atoms with Crippen molar-refractivity contribution >= 4 is 27.9 Å². The van der Waals surface area contributed by atoms with Crippen molar-refractivity contribution in [3.05, 3.63) is 23.6 Å². The third kappa shape index (κ3) is 4.28. The zero-order valence-electron chi connectivity index (χ0n) is 11.9. The largest absolute Gasteiger partial charge is 0.397 e. The van der Waals surface area contributed by atoms with Gasteiger partial charge in [0.15, 0.2) is 0 Å². The van der Waals surface area contributed by atoms with Gasteiger partial charge < -0.3 is 16.0 Å². The monoisotopic (exact) mass is 281 g/mol. The van der Waals surface area contributed by atoms with Gasteiger partial charge in [0, 0.05) is 19.6 Å². The van der Waals surface area contributed by atoms with E-state index in [0.717, 1.165) is 18.1 Å². The smallest absolute Gasteiger partial charge is 0.263 e. The molecule has 106 valence electrons. The van der Waals surface area contributed by atoms with Crippen molar-refractivity contribution in [2.24, 2.45) is 5.92 Å². The fourth-order valence-electron chi connectivity index (χ4n) is 1.79. The summed E-state index contributed by atoms with van der Waals surface area (Å²) in [7, 11) is 0. The van der Waals surface area contributed by atoms with Crippen molar-refractivity contribution in [2.75, 3.05) is 30.3 Å². The van der Waals surface area contributed by atoms with E-state index in [9.17, 15) is 4.79 Å². The van der Waals surface area contributed by atoms with Crippen LogP contribution in [0.1, 0.15) is 30.4 Å². The summed E-state index contributed by atoms with van der Waals surface area (Å²) in [4.78, 5) is 14.8. The number of amides is 1. The molecule has 3 N–H and O–H groups in total. The molecule has 1 heterocycles. The first-order valence-electron chi connectivity index (χ1n) is 6.52. The first-order valence-corrected chi connectivity index (χ1v) is 7.34. The minimum Gasteiger partial charge on any atom is -0.397 e. The SMILES string of the molecule is C=CCNC(=O)c1sc(N(CC)CC(C)C)cc1N. The van der Waals surface area contributed by atoms with Crippen LogP contribution in [0, 0.1) is 5.92 Å². The molecule has 0 unspecified atom stereocenters. The summed E-state index contributed by atoms with van der Waals surface area (Å²) >= 11 is 1.45. The number of thiophene rings is 1. The molecule has 1 rings (SSSR count). The fraction of sp³-hybridized carbons (Fsp3) is 0.500. The second-order valence-electron chi connectivity index (χ2n) is 4.80. The third-order valence-corrected chi connectivity index (χ3v) is 3.85. The van der Waals surface area contributed by atoms with Crippen molar-refractivity contribution in [1.29, 1.82) is 0 Å². The van der Waals surface area contributed by atoms with Crippen molar-refractivity contribution in [1.82, 2.24) is 5.32 Å². The van der Waals surface area contributed by atoms with Gasteiger partial charge in [-0.2, -0.15) is 0 Å². The summed E-state index contributed by atoms with van der Waals surface area (Å²) in [6, 6.07) is 1.89. The Kier molecular flexibility index (Phi) is 5.89. The van der Waals surface area contributed by atoms with E-state index in [1.165, 1.54) is 11.3 Å². The number of rotatable bonds is 7. The molecule has 0 aromatic carbocycles. The molecular weight excluding hydrogens is 258 g/mol. The number of nitrogen functional groups attached to an aromatic ring is 1. The van der Waals surface area contributed by atoms with Crippen LogP contribution >= 0.6 is 11.3 Å². The summed E-state index contributed by atoms with van der Waals surface area (Å²) in [6.45, 7) is 12.4. The Hall–Kier alpha value is -1.49. The van der Waals surface area contributed by atoms with E-state index in [1.54, 1.807) is 6.08 Å². The first kappa shape index (κ1) is 15.6. The number of nitrogens with zero attached hydrogens (tertiary/aromatic N) is 1. The van der Waals surface area contributed by atoms with Crippen LogP contribution in [-0.2, 0) is 0 Å². The molecule has 0 saturated heterocycles. The van der Waals surface area contributed by atoms with Gasteiger partial charge in [0.1, 0.15) is 4.88 Å². The van der Waals surface area contributed by atoms with Crippen LogP contribution in [0.15, 0.2) is 18.7 Å². The molecular formula is C14H23N3OS. The average Bonchev–Trinajstić information content (AvgIpc) is 2.74. The predicted octanol–water partition coefficient (Wildman–Crippen LogP) is 2.73. The maximum Gasteiger partial charge on any atom is 0.263 e. The highest BCUT2D eigenvalue weighted by atomic mass is 32.1. The van der Waals surface area contributed by atoms with Gasteiger partial charge in [0.05, 0.1) is 10.7 Å². The lowest BCUT2D eigenvalue weighted by atomic mass is 10.2. The fourth-order valence-corrected chi connectivity index (χ4v) is 2.86. The van der Waals surface area contributed by atoms with E-state index in [4.69, 9.17) is 5.73 Å². The Bertz CT molecular complexity index is 440. The molecule has 1 aromatic rings. The van der Waals surface area contributed by atoms with Gasteiger partial charge in [-0.25, -0.2) is 0 Å². The predicted molar refractivity (Wildman–Crippen MR) is 84.0 cm³/mol. The van der Waals surface area contributed by atoms with Gasteiger partial charge in [0.25, 0.3) is 5.91 Å². The highest BCUT2D eigenvalue weighted by molar-refractivity contribution is 7.18. The molecule has 0 atom stereocenters. The highest BCUT2D eigenvalue weighted by Gasteiger charge is 2.17. The standard InChI is InChI=1S/C14H23N3OS/c1-5-7-16-14(18)13-11(15)8-12(19-13)17(6-2)9-10(3)4/h5,8,10H,1,6-7,9,15H2,2-4H3,(H,16,18). The Balaban J connectivity index is 2.87. The van der Waals surface area contributed by atoms with Crippen LogP contribution in [0.3, 0.4) is 0 Å². The second kappa shape index (κ2) is 7.19. The Morgan fingerprint density at radius 2 is 2.32 bits per heavy atom. The highest BCUT2D eigenvalue weighted by Crippen LogP contribution is 2.32. The topological polar surface area (TPSA) is 58.4 Å². The Morgan fingerprint density at radius 3 is 2.84 bits per heavy atom. The normalized spacial score (nSPS) is 10.5. The van der Waals surface area contributed by atoms with E-state index >= 15 is 0 Å². The van der Waals surface area contributed by atoms with E-state index in [-0.39, 0.29) is 5.91 Å². The maximum absolute atomic E-state index is 11.9. The van der Waals surface area contributed by atoms with Crippen LogP contribution in [0.5, 0.6) is 0 Å². The summed E-state index contributed by atoms with van der Waals surface area (Å²) in [5.41, 5.74) is 6.48. The molecule has 0 radical (unpaired) electrons. The zero-order valence-corrected chi connectivity index (χ0v) is 12.7. The minimum atomic E-state index is -0.130. The zero-order chi connectivity index (χ0) is 14.4. The number of carbonyl (C=O) groups excluding carboxylic acids is 1. The van der Waals surface area contributed by atoms with Gasteiger partial charge in [-0.3, -0.25) is 4.79 Å². The Labute approximate surface area is 119 Å². The lowest BCUT2D eigenvalue weighted by Crippen LogP contribution is -2.26. The van der Waals surface area contributed by atoms with Crippen LogP contribution in [0.2, 0.25) is 0 Å². The van der Waals surface area contributed by atoms with Crippen LogP contribution in [0.25, 0.3) is 0 Å².